The molecule has 2 rings (SSSR count). The monoisotopic (exact) mass is 564 g/mol. The Morgan fingerprint density at radius 2 is 1.79 bits per heavy atom. The summed E-state index contributed by atoms with van der Waals surface area (Å²) in [6.45, 7) is 15.6. The van der Waals surface area contributed by atoms with Crippen molar-refractivity contribution in [3.05, 3.63) is 47.1 Å². The van der Waals surface area contributed by atoms with Crippen LogP contribution in [0.25, 0.3) is 0 Å². The van der Waals surface area contributed by atoms with Gasteiger partial charge in [-0.3, -0.25) is 9.05 Å². The van der Waals surface area contributed by atoms with Gasteiger partial charge in [-0.15, -0.1) is 0 Å². The molecule has 0 saturated heterocycles. The quantitative estimate of drug-likeness (QED) is 0.0682. The highest BCUT2D eigenvalue weighted by atomic mass is 31.2. The number of aryl methyl sites for hydroxylation is 1. The highest BCUT2D eigenvalue weighted by Gasteiger charge is 2.35. The van der Waals surface area contributed by atoms with Gasteiger partial charge in [0.05, 0.1) is 6.10 Å². The number of rotatable bonds is 16. The zero-order valence-electron chi connectivity index (χ0n) is 24.7. The van der Waals surface area contributed by atoms with Crippen molar-refractivity contribution in [2.24, 2.45) is 5.92 Å². The number of phosphoric acid groups is 1. The number of unbranched alkanes of at least 4 members (excludes halogenated alkanes) is 4. The van der Waals surface area contributed by atoms with Gasteiger partial charge >= 0.3 is 13.8 Å². The molecule has 0 heterocycles. The Bertz CT molecular complexity index is 1050. The zero-order chi connectivity index (χ0) is 29.2. The lowest BCUT2D eigenvalue weighted by molar-refractivity contribution is -0.143. The van der Waals surface area contributed by atoms with Crippen molar-refractivity contribution in [3.63, 3.8) is 0 Å². The fourth-order valence-electron chi connectivity index (χ4n) is 5.14. The van der Waals surface area contributed by atoms with Gasteiger partial charge in [-0.25, -0.2) is 9.36 Å². The van der Waals surface area contributed by atoms with E-state index in [1.165, 1.54) is 5.57 Å². The Hall–Kier alpha value is -1.92. The van der Waals surface area contributed by atoms with Crippen LogP contribution < -0.4 is 4.74 Å². The first-order valence-corrected chi connectivity index (χ1v) is 16.0. The van der Waals surface area contributed by atoms with Crippen LogP contribution in [-0.4, -0.2) is 28.2 Å². The molecule has 4 atom stereocenters. The molecule has 0 aromatic heterocycles. The van der Waals surface area contributed by atoms with Gasteiger partial charge in [0.15, 0.2) is 6.10 Å². The summed E-state index contributed by atoms with van der Waals surface area (Å²) in [5, 5.41) is 11.3. The maximum atomic E-state index is 13.5. The highest BCUT2D eigenvalue weighted by molar-refractivity contribution is 7.47. The number of allylic oxidation sites excluding steroid dienone is 3. The molecule has 1 aromatic rings. The lowest BCUT2D eigenvalue weighted by Crippen LogP contribution is -2.29. The van der Waals surface area contributed by atoms with Crippen LogP contribution in [0.5, 0.6) is 11.5 Å². The second-order valence-corrected chi connectivity index (χ2v) is 12.5. The minimum absolute atomic E-state index is 0.0772. The molecular weight excluding hydrogens is 515 g/mol. The summed E-state index contributed by atoms with van der Waals surface area (Å²) < 4.78 is 29.0. The molecule has 220 valence electrons. The summed E-state index contributed by atoms with van der Waals surface area (Å²) >= 11 is 0. The van der Waals surface area contributed by atoms with Gasteiger partial charge < -0.3 is 14.7 Å². The van der Waals surface area contributed by atoms with E-state index >= 15 is 0 Å². The molecule has 8 heteroatoms. The maximum absolute atomic E-state index is 13.5. The predicted molar refractivity (Wildman–Crippen MR) is 156 cm³/mol. The van der Waals surface area contributed by atoms with Crippen molar-refractivity contribution in [1.82, 2.24) is 0 Å². The SMILES string of the molecule is C=C(C)[C@@H]1CCC(C)=C[C@H]1c1c(O)cc(CCCCC)cc1OC(=O)C(CCCCC)OP(=O)(O)OC(C)C. The van der Waals surface area contributed by atoms with E-state index in [0.29, 0.717) is 12.0 Å². The average molecular weight is 565 g/mol. The van der Waals surface area contributed by atoms with Crippen LogP contribution >= 0.6 is 7.82 Å². The number of carbonyl (C=O) groups is 1. The second-order valence-electron chi connectivity index (χ2n) is 11.1. The standard InChI is InChI=1S/C31H49O7P/c1-8-10-12-14-24-19-27(32)30(26-18-23(7)16-17-25(26)21(3)4)29(20-24)36-31(33)28(15-13-11-9-2)38-39(34,35)37-22(5)6/h18-20,22,25-26,28,32H,3,8-17H2,1-2,4-7H3,(H,34,35)/t25-,26+,28?/m0/s1. The first-order valence-electron chi connectivity index (χ1n) is 14.5. The lowest BCUT2D eigenvalue weighted by atomic mass is 9.73. The van der Waals surface area contributed by atoms with Gasteiger partial charge in [0.25, 0.3) is 0 Å². The van der Waals surface area contributed by atoms with Gasteiger partial charge in [0.2, 0.25) is 0 Å². The van der Waals surface area contributed by atoms with Gasteiger partial charge in [-0.2, -0.15) is 0 Å². The number of hydrogen-bond acceptors (Lipinski definition) is 6. The van der Waals surface area contributed by atoms with Crippen LogP contribution in [0.1, 0.15) is 116 Å². The van der Waals surface area contributed by atoms with Gasteiger partial charge in [-0.05, 0) is 83.4 Å². The Morgan fingerprint density at radius 3 is 2.41 bits per heavy atom. The van der Waals surface area contributed by atoms with E-state index < -0.39 is 26.0 Å². The molecule has 0 bridgehead atoms. The molecule has 1 aliphatic carbocycles. The summed E-state index contributed by atoms with van der Waals surface area (Å²) in [4.78, 5) is 23.8. The molecular formula is C31H49O7P. The fraction of sp³-hybridized carbons (Fsp3) is 0.645. The van der Waals surface area contributed by atoms with Crippen molar-refractivity contribution in [3.8, 4) is 11.5 Å². The molecule has 0 amide bonds. The maximum Gasteiger partial charge on any atom is 0.473 e. The van der Waals surface area contributed by atoms with E-state index in [1.807, 2.05) is 19.9 Å². The Kier molecular flexibility index (Phi) is 13.5. The number of phenolic OH excluding ortho intramolecular Hbond substituents is 1. The number of phosphoric ester groups is 1. The van der Waals surface area contributed by atoms with Gasteiger partial charge in [0.1, 0.15) is 11.5 Å². The van der Waals surface area contributed by atoms with Crippen molar-refractivity contribution >= 4 is 13.8 Å². The molecule has 0 saturated carbocycles. The molecule has 0 fully saturated rings. The van der Waals surface area contributed by atoms with E-state index in [1.54, 1.807) is 19.9 Å². The van der Waals surface area contributed by atoms with E-state index in [9.17, 15) is 19.4 Å². The summed E-state index contributed by atoms with van der Waals surface area (Å²) in [6.07, 6.45) is 8.48. The van der Waals surface area contributed by atoms with E-state index in [-0.39, 0.29) is 29.8 Å². The summed E-state index contributed by atoms with van der Waals surface area (Å²) in [6, 6.07) is 3.59. The Morgan fingerprint density at radius 1 is 1.13 bits per heavy atom. The van der Waals surface area contributed by atoms with Crippen LogP contribution in [0.4, 0.5) is 0 Å². The molecule has 1 aromatic carbocycles. The van der Waals surface area contributed by atoms with Crippen LogP contribution in [0.3, 0.4) is 0 Å². The third kappa shape index (κ3) is 10.5. The first kappa shape index (κ1) is 33.3. The molecule has 0 aliphatic heterocycles. The Labute approximate surface area is 235 Å². The highest BCUT2D eigenvalue weighted by Crippen LogP contribution is 2.49. The number of carbonyl (C=O) groups excluding carboxylic acids is 1. The number of ether oxygens (including phenoxy) is 1. The van der Waals surface area contributed by atoms with Crippen molar-refractivity contribution < 1.29 is 33.1 Å². The minimum atomic E-state index is -4.49. The first-order chi connectivity index (χ1) is 18.4. The smallest absolute Gasteiger partial charge is 0.473 e. The minimum Gasteiger partial charge on any atom is -0.507 e. The topological polar surface area (TPSA) is 102 Å². The molecule has 39 heavy (non-hydrogen) atoms. The lowest BCUT2D eigenvalue weighted by Gasteiger charge is -2.32. The summed E-state index contributed by atoms with van der Waals surface area (Å²) in [5.74, 6) is -0.570. The van der Waals surface area contributed by atoms with Crippen molar-refractivity contribution in [2.45, 2.75) is 124 Å². The van der Waals surface area contributed by atoms with E-state index in [2.05, 4.69) is 26.5 Å². The van der Waals surface area contributed by atoms with E-state index in [4.69, 9.17) is 13.8 Å². The second kappa shape index (κ2) is 15.8. The average Bonchev–Trinajstić information content (AvgIpc) is 2.82. The number of hydrogen-bond donors (Lipinski definition) is 2. The molecule has 0 radical (unpaired) electrons. The fourth-order valence-corrected chi connectivity index (χ4v) is 6.23. The number of esters is 1. The van der Waals surface area contributed by atoms with Gasteiger partial charge in [-0.1, -0.05) is 69.8 Å². The predicted octanol–water partition coefficient (Wildman–Crippen LogP) is 8.54. The van der Waals surface area contributed by atoms with Crippen LogP contribution in [0.2, 0.25) is 0 Å². The number of benzene rings is 1. The molecule has 1 aliphatic rings. The number of aromatic hydroxyl groups is 1. The Balaban J connectivity index is 2.51. The largest absolute Gasteiger partial charge is 0.507 e. The van der Waals surface area contributed by atoms with E-state index in [0.717, 1.165) is 62.5 Å². The number of phenols is 1. The van der Waals surface area contributed by atoms with Crippen molar-refractivity contribution in [1.29, 1.82) is 0 Å². The van der Waals surface area contributed by atoms with Gasteiger partial charge in [0, 0.05) is 11.5 Å². The van der Waals surface area contributed by atoms with Crippen LogP contribution in [0, 0.1) is 5.92 Å². The van der Waals surface area contributed by atoms with Crippen LogP contribution in [-0.2, 0) is 24.8 Å². The molecule has 2 N–H and O–H groups in total. The summed E-state index contributed by atoms with van der Waals surface area (Å²) in [7, 11) is -4.49. The van der Waals surface area contributed by atoms with Crippen molar-refractivity contribution in [2.75, 3.05) is 0 Å². The molecule has 2 unspecified atom stereocenters. The third-order valence-corrected chi connectivity index (χ3v) is 8.32. The normalized spacial score (nSPS) is 19.8. The summed E-state index contributed by atoms with van der Waals surface area (Å²) in [5.41, 5.74) is 3.61. The molecule has 0 spiro atoms. The zero-order valence-corrected chi connectivity index (χ0v) is 25.6. The molecule has 7 nitrogen and oxygen atoms in total. The third-order valence-electron chi connectivity index (χ3n) is 7.11. The van der Waals surface area contributed by atoms with Crippen LogP contribution in [0.15, 0.2) is 35.9 Å².